The van der Waals surface area contributed by atoms with Crippen molar-refractivity contribution in [3.8, 4) is 0 Å². The quantitative estimate of drug-likeness (QED) is 0.358. The van der Waals surface area contributed by atoms with Gasteiger partial charge in [0.1, 0.15) is 5.41 Å². The Morgan fingerprint density at radius 1 is 1.43 bits per heavy atom. The van der Waals surface area contributed by atoms with E-state index in [4.69, 9.17) is 4.74 Å². The number of rotatable bonds is 5. The molecule has 0 N–H and O–H groups in total. The number of methoxy groups -OCH3 is 1. The number of esters is 1. The van der Waals surface area contributed by atoms with E-state index in [0.717, 1.165) is 0 Å². The first-order valence-electron chi connectivity index (χ1n) is 6.81. The molecular formula is C15H17NO5. The van der Waals surface area contributed by atoms with Crippen molar-refractivity contribution in [3.05, 3.63) is 46.0 Å². The average Bonchev–Trinajstić information content (AvgIpc) is 2.87. The predicted octanol–water partition coefficient (Wildman–Crippen LogP) is 1.96. The molecule has 0 aromatic heterocycles. The Morgan fingerprint density at radius 2 is 2.10 bits per heavy atom. The van der Waals surface area contributed by atoms with Crippen molar-refractivity contribution in [1.29, 1.82) is 0 Å². The van der Waals surface area contributed by atoms with Gasteiger partial charge >= 0.3 is 5.97 Å². The molecule has 0 bridgehead atoms. The minimum absolute atomic E-state index is 0.259. The van der Waals surface area contributed by atoms with Crippen molar-refractivity contribution in [1.82, 2.24) is 0 Å². The first kappa shape index (κ1) is 15.2. The van der Waals surface area contributed by atoms with Crippen molar-refractivity contribution in [2.75, 3.05) is 13.7 Å². The van der Waals surface area contributed by atoms with E-state index in [1.807, 2.05) is 0 Å². The topological polar surface area (TPSA) is 86.5 Å². The van der Waals surface area contributed by atoms with Gasteiger partial charge in [0.05, 0.1) is 13.0 Å². The van der Waals surface area contributed by atoms with E-state index in [9.17, 15) is 19.7 Å². The first-order valence-corrected chi connectivity index (χ1v) is 6.81. The maximum Gasteiger partial charge on any atom is 0.320 e. The average molecular weight is 291 g/mol. The second-order valence-electron chi connectivity index (χ2n) is 5.22. The van der Waals surface area contributed by atoms with Crippen LogP contribution in [0.1, 0.15) is 30.7 Å². The molecule has 1 aromatic carbocycles. The molecule has 6 heteroatoms. The van der Waals surface area contributed by atoms with Crippen LogP contribution in [0.25, 0.3) is 0 Å². The van der Waals surface area contributed by atoms with Crippen LogP contribution in [0.3, 0.4) is 0 Å². The standard InChI is InChI=1S/C15H17NO5/c1-21-14(18)15(9-5-8-13(15)17)12(10-16(19)20)11-6-3-2-4-7-11/h2-4,6-7,12H,5,8-10H2,1H3/t12-,15+/m1/s1. The Hall–Kier alpha value is -2.24. The SMILES string of the molecule is COC(=O)[C@]1([C@H](C[N+](=O)[O-])c2ccccc2)CCCC1=O. The summed E-state index contributed by atoms with van der Waals surface area (Å²) in [7, 11) is 1.21. The number of nitrogens with zero attached hydrogens (tertiary/aromatic N) is 1. The van der Waals surface area contributed by atoms with E-state index in [2.05, 4.69) is 0 Å². The Morgan fingerprint density at radius 3 is 2.57 bits per heavy atom. The van der Waals surface area contributed by atoms with Gasteiger partial charge in [0.2, 0.25) is 6.54 Å². The molecule has 1 saturated carbocycles. The van der Waals surface area contributed by atoms with Crippen LogP contribution in [-0.4, -0.2) is 30.3 Å². The normalized spacial score (nSPS) is 22.8. The molecule has 1 fully saturated rings. The lowest BCUT2D eigenvalue weighted by molar-refractivity contribution is -0.485. The van der Waals surface area contributed by atoms with Gasteiger partial charge in [0.15, 0.2) is 5.78 Å². The molecule has 1 aromatic rings. The maximum atomic E-state index is 12.4. The van der Waals surface area contributed by atoms with Gasteiger partial charge in [-0.1, -0.05) is 30.3 Å². The third-order valence-corrected chi connectivity index (χ3v) is 4.15. The van der Waals surface area contributed by atoms with Crippen molar-refractivity contribution in [3.63, 3.8) is 0 Å². The van der Waals surface area contributed by atoms with Crippen LogP contribution in [-0.2, 0) is 14.3 Å². The van der Waals surface area contributed by atoms with Gasteiger partial charge in [0, 0.05) is 11.3 Å². The van der Waals surface area contributed by atoms with E-state index in [1.54, 1.807) is 30.3 Å². The molecule has 1 aliphatic carbocycles. The third kappa shape index (κ3) is 2.66. The molecular weight excluding hydrogens is 274 g/mol. The number of hydrogen-bond acceptors (Lipinski definition) is 5. The van der Waals surface area contributed by atoms with E-state index in [1.165, 1.54) is 7.11 Å². The molecule has 0 amide bonds. The molecule has 6 nitrogen and oxygen atoms in total. The van der Waals surface area contributed by atoms with Gasteiger partial charge in [-0.25, -0.2) is 0 Å². The van der Waals surface area contributed by atoms with Crippen molar-refractivity contribution in [2.45, 2.75) is 25.2 Å². The fraction of sp³-hybridized carbons (Fsp3) is 0.467. The van der Waals surface area contributed by atoms with Crippen LogP contribution in [0.2, 0.25) is 0 Å². The van der Waals surface area contributed by atoms with Gasteiger partial charge in [-0.3, -0.25) is 19.7 Å². The Balaban J connectivity index is 2.53. The lowest BCUT2D eigenvalue weighted by atomic mass is 9.70. The van der Waals surface area contributed by atoms with Crippen LogP contribution in [0, 0.1) is 15.5 Å². The number of hydrogen-bond donors (Lipinski definition) is 0. The number of ketones is 1. The number of ether oxygens (including phenoxy) is 1. The highest BCUT2D eigenvalue weighted by atomic mass is 16.6. The van der Waals surface area contributed by atoms with Gasteiger partial charge in [-0.2, -0.15) is 0 Å². The van der Waals surface area contributed by atoms with E-state index in [0.29, 0.717) is 18.4 Å². The lowest BCUT2D eigenvalue weighted by Gasteiger charge is -2.31. The molecule has 0 heterocycles. The minimum Gasteiger partial charge on any atom is -0.468 e. The van der Waals surface area contributed by atoms with Crippen LogP contribution >= 0.6 is 0 Å². The molecule has 0 aliphatic heterocycles. The summed E-state index contributed by atoms with van der Waals surface area (Å²) >= 11 is 0. The first-order chi connectivity index (χ1) is 10.0. The van der Waals surface area contributed by atoms with Gasteiger partial charge in [-0.15, -0.1) is 0 Å². The van der Waals surface area contributed by atoms with Crippen LogP contribution in [0.15, 0.2) is 30.3 Å². The minimum atomic E-state index is -1.43. The van der Waals surface area contributed by atoms with Crippen molar-refractivity contribution < 1.29 is 19.2 Å². The lowest BCUT2D eigenvalue weighted by Crippen LogP contribution is -2.44. The predicted molar refractivity (Wildman–Crippen MR) is 74.4 cm³/mol. The Labute approximate surface area is 122 Å². The molecule has 2 atom stereocenters. The van der Waals surface area contributed by atoms with E-state index < -0.39 is 28.8 Å². The zero-order valence-electron chi connectivity index (χ0n) is 11.8. The highest BCUT2D eigenvalue weighted by Gasteiger charge is 2.57. The molecule has 0 saturated heterocycles. The highest BCUT2D eigenvalue weighted by Crippen LogP contribution is 2.47. The number of carbonyl (C=O) groups is 2. The van der Waals surface area contributed by atoms with Crippen molar-refractivity contribution >= 4 is 11.8 Å². The zero-order chi connectivity index (χ0) is 15.5. The molecule has 0 radical (unpaired) electrons. The van der Waals surface area contributed by atoms with Crippen LogP contribution in [0.4, 0.5) is 0 Å². The van der Waals surface area contributed by atoms with E-state index in [-0.39, 0.29) is 12.2 Å². The van der Waals surface area contributed by atoms with Crippen LogP contribution in [0.5, 0.6) is 0 Å². The Bertz CT molecular complexity index is 556. The van der Waals surface area contributed by atoms with Gasteiger partial charge < -0.3 is 4.74 Å². The largest absolute Gasteiger partial charge is 0.468 e. The fourth-order valence-electron chi connectivity index (χ4n) is 3.18. The monoisotopic (exact) mass is 291 g/mol. The second kappa shape index (κ2) is 6.03. The second-order valence-corrected chi connectivity index (χ2v) is 5.22. The maximum absolute atomic E-state index is 12.4. The summed E-state index contributed by atoms with van der Waals surface area (Å²) in [5.41, 5.74) is -0.807. The fourth-order valence-corrected chi connectivity index (χ4v) is 3.18. The molecule has 1 aliphatic rings. The smallest absolute Gasteiger partial charge is 0.320 e. The van der Waals surface area contributed by atoms with Gasteiger partial charge in [-0.05, 0) is 18.4 Å². The molecule has 0 unspecified atom stereocenters. The highest BCUT2D eigenvalue weighted by molar-refractivity contribution is 6.06. The summed E-state index contributed by atoms with van der Waals surface area (Å²) < 4.78 is 4.81. The molecule has 0 spiro atoms. The number of benzene rings is 1. The van der Waals surface area contributed by atoms with Gasteiger partial charge in [0.25, 0.3) is 0 Å². The van der Waals surface area contributed by atoms with Crippen LogP contribution < -0.4 is 0 Å². The molecule has 21 heavy (non-hydrogen) atoms. The van der Waals surface area contributed by atoms with E-state index >= 15 is 0 Å². The number of Topliss-reactive ketones (excluding diaryl/α,β-unsaturated/α-hetero) is 1. The Kier molecular flexibility index (Phi) is 4.35. The molecule has 112 valence electrons. The van der Waals surface area contributed by atoms with Crippen molar-refractivity contribution in [2.24, 2.45) is 5.41 Å². The zero-order valence-corrected chi connectivity index (χ0v) is 11.8. The summed E-state index contributed by atoms with van der Waals surface area (Å²) in [6.45, 7) is -0.467. The third-order valence-electron chi connectivity index (χ3n) is 4.15. The summed E-state index contributed by atoms with van der Waals surface area (Å²) in [6, 6.07) is 8.70. The summed E-state index contributed by atoms with van der Waals surface area (Å²) in [6.07, 6.45) is 1.11. The molecule has 2 rings (SSSR count). The summed E-state index contributed by atoms with van der Waals surface area (Å²) in [4.78, 5) is 35.2. The summed E-state index contributed by atoms with van der Waals surface area (Å²) in [5.74, 6) is -1.72. The number of nitro groups is 1. The summed E-state index contributed by atoms with van der Waals surface area (Å²) in [5, 5.41) is 11.0. The number of carbonyl (C=O) groups excluding carboxylic acids is 2.